The van der Waals surface area contributed by atoms with Crippen LogP contribution in [0.15, 0.2) is 47.4 Å². The van der Waals surface area contributed by atoms with E-state index in [0.717, 1.165) is 39.0 Å². The van der Waals surface area contributed by atoms with Gasteiger partial charge >= 0.3 is 0 Å². The Morgan fingerprint density at radius 2 is 1.71 bits per heavy atom. The molecular formula is C23H24N8O2S. The Morgan fingerprint density at radius 1 is 0.971 bits per heavy atom. The fraction of sp³-hybridized carbons (Fsp3) is 0.217. The standard InChI is InChI=1S/C23H24N8O2S/c1-13-19-11-17(7-10-20(19)30(4)28-13)21-14(2)29-31-22(21)26-15(3)27-23(31)25-12-16-5-8-18(9-6-16)34(24,32)33/h5-11H,12H2,1-4H3,(H2,24,32,33)(H,25,26,27). The van der Waals surface area contributed by atoms with E-state index in [1.807, 2.05) is 32.5 Å². The minimum absolute atomic E-state index is 0.0738. The highest BCUT2D eigenvalue weighted by Crippen LogP contribution is 2.31. The van der Waals surface area contributed by atoms with Crippen LogP contribution in [0.3, 0.4) is 0 Å². The van der Waals surface area contributed by atoms with E-state index in [4.69, 9.17) is 10.2 Å². The zero-order chi connectivity index (χ0) is 24.2. The fourth-order valence-corrected chi connectivity index (χ4v) is 4.69. The number of rotatable bonds is 5. The van der Waals surface area contributed by atoms with E-state index in [1.54, 1.807) is 16.6 Å². The Kier molecular flexibility index (Phi) is 5.10. The van der Waals surface area contributed by atoms with Crippen LogP contribution in [0.4, 0.5) is 5.95 Å². The molecule has 11 heteroatoms. The monoisotopic (exact) mass is 476 g/mol. The number of primary sulfonamides is 1. The van der Waals surface area contributed by atoms with Gasteiger partial charge in [-0.15, -0.1) is 0 Å². The Bertz CT molecular complexity index is 1670. The number of aryl methyl sites for hydroxylation is 4. The number of benzene rings is 2. The second-order valence-electron chi connectivity index (χ2n) is 8.27. The van der Waals surface area contributed by atoms with Crippen molar-refractivity contribution in [2.24, 2.45) is 12.2 Å². The van der Waals surface area contributed by atoms with Crippen molar-refractivity contribution >= 4 is 32.5 Å². The number of anilines is 1. The van der Waals surface area contributed by atoms with Crippen LogP contribution in [0, 0.1) is 20.8 Å². The van der Waals surface area contributed by atoms with E-state index in [2.05, 4.69) is 38.6 Å². The summed E-state index contributed by atoms with van der Waals surface area (Å²) < 4.78 is 26.5. The normalized spacial score (nSPS) is 12.0. The van der Waals surface area contributed by atoms with Crippen LogP contribution in [-0.2, 0) is 23.6 Å². The molecule has 0 aliphatic carbocycles. The maximum absolute atomic E-state index is 11.5. The first-order valence-electron chi connectivity index (χ1n) is 10.6. The average molecular weight is 477 g/mol. The van der Waals surface area contributed by atoms with Crippen molar-refractivity contribution in [2.75, 3.05) is 5.32 Å². The number of sulfonamides is 1. The Labute approximate surface area is 196 Å². The van der Waals surface area contributed by atoms with E-state index >= 15 is 0 Å². The number of aromatic nitrogens is 6. The second kappa shape index (κ2) is 7.89. The molecule has 0 radical (unpaired) electrons. The number of nitrogens with one attached hydrogen (secondary N) is 1. The molecule has 3 aromatic heterocycles. The van der Waals surface area contributed by atoms with Crippen LogP contribution in [0.1, 0.15) is 22.8 Å². The number of nitrogens with zero attached hydrogens (tertiary/aromatic N) is 6. The van der Waals surface area contributed by atoms with Gasteiger partial charge in [-0.25, -0.2) is 18.5 Å². The Balaban J connectivity index is 1.53. The van der Waals surface area contributed by atoms with Gasteiger partial charge < -0.3 is 5.32 Å². The van der Waals surface area contributed by atoms with E-state index in [9.17, 15) is 8.42 Å². The van der Waals surface area contributed by atoms with E-state index < -0.39 is 10.0 Å². The molecule has 0 aliphatic heterocycles. The summed E-state index contributed by atoms with van der Waals surface area (Å²) in [6.07, 6.45) is 0. The van der Waals surface area contributed by atoms with Crippen LogP contribution < -0.4 is 10.5 Å². The average Bonchev–Trinajstić information content (AvgIpc) is 3.26. The lowest BCUT2D eigenvalue weighted by Gasteiger charge is -2.09. The van der Waals surface area contributed by atoms with Gasteiger partial charge in [0.05, 0.1) is 21.8 Å². The van der Waals surface area contributed by atoms with Gasteiger partial charge in [-0.1, -0.05) is 18.2 Å². The lowest BCUT2D eigenvalue weighted by molar-refractivity contribution is 0.598. The zero-order valence-electron chi connectivity index (χ0n) is 19.2. The molecule has 0 bridgehead atoms. The van der Waals surface area contributed by atoms with E-state index in [1.165, 1.54) is 12.1 Å². The molecule has 10 nitrogen and oxygen atoms in total. The van der Waals surface area contributed by atoms with Gasteiger partial charge in [0.25, 0.3) is 0 Å². The summed E-state index contributed by atoms with van der Waals surface area (Å²) in [7, 11) is -1.79. The zero-order valence-corrected chi connectivity index (χ0v) is 20.1. The van der Waals surface area contributed by atoms with Crippen molar-refractivity contribution in [2.45, 2.75) is 32.2 Å². The molecule has 0 amide bonds. The third kappa shape index (κ3) is 3.78. The summed E-state index contributed by atoms with van der Waals surface area (Å²) in [4.78, 5) is 9.29. The Morgan fingerprint density at radius 3 is 2.41 bits per heavy atom. The van der Waals surface area contributed by atoms with Crippen molar-refractivity contribution in [3.8, 4) is 11.1 Å². The largest absolute Gasteiger partial charge is 0.350 e. The van der Waals surface area contributed by atoms with Gasteiger partial charge in [0, 0.05) is 24.5 Å². The molecule has 0 unspecified atom stereocenters. The highest BCUT2D eigenvalue weighted by atomic mass is 32.2. The number of nitrogens with two attached hydrogens (primary N) is 1. The molecule has 3 N–H and O–H groups in total. The lowest BCUT2D eigenvalue weighted by atomic mass is 10.0. The molecular weight excluding hydrogens is 452 g/mol. The Hall–Kier alpha value is -3.83. The van der Waals surface area contributed by atoms with Crippen molar-refractivity contribution in [1.82, 2.24) is 29.4 Å². The summed E-state index contributed by atoms with van der Waals surface area (Å²) in [5.41, 5.74) is 6.40. The summed E-state index contributed by atoms with van der Waals surface area (Å²) in [5.74, 6) is 1.16. The number of hydrogen-bond acceptors (Lipinski definition) is 7. The molecule has 0 spiro atoms. The fourth-order valence-electron chi connectivity index (χ4n) is 4.17. The summed E-state index contributed by atoms with van der Waals surface area (Å²) in [6.45, 7) is 6.21. The smallest absolute Gasteiger partial charge is 0.238 e. The molecule has 0 saturated carbocycles. The molecule has 3 heterocycles. The molecule has 0 fully saturated rings. The quantitative estimate of drug-likeness (QED) is 0.398. The van der Waals surface area contributed by atoms with E-state index in [-0.39, 0.29) is 4.90 Å². The third-order valence-corrected chi connectivity index (χ3v) is 6.73. The first-order chi connectivity index (χ1) is 16.1. The molecule has 34 heavy (non-hydrogen) atoms. The van der Waals surface area contributed by atoms with Gasteiger partial charge in [0.1, 0.15) is 5.82 Å². The molecule has 0 atom stereocenters. The van der Waals surface area contributed by atoms with Crippen molar-refractivity contribution in [3.63, 3.8) is 0 Å². The number of hydrogen-bond donors (Lipinski definition) is 2. The highest BCUT2D eigenvalue weighted by molar-refractivity contribution is 7.89. The van der Waals surface area contributed by atoms with E-state index in [0.29, 0.717) is 24.0 Å². The van der Waals surface area contributed by atoms with Gasteiger partial charge in [-0.2, -0.15) is 19.7 Å². The van der Waals surface area contributed by atoms with Crippen LogP contribution in [0.5, 0.6) is 0 Å². The number of fused-ring (bicyclic) bond motifs is 2. The molecule has 0 aliphatic rings. The van der Waals surface area contributed by atoms with Crippen LogP contribution in [0.25, 0.3) is 27.7 Å². The van der Waals surface area contributed by atoms with Gasteiger partial charge in [-0.3, -0.25) is 4.68 Å². The van der Waals surface area contributed by atoms with Crippen molar-refractivity contribution in [1.29, 1.82) is 0 Å². The third-order valence-electron chi connectivity index (χ3n) is 5.80. The molecule has 174 valence electrons. The SMILES string of the molecule is Cc1nc(NCc2ccc(S(N)(=O)=O)cc2)n2nc(C)c(-c3ccc4c(c3)c(C)nn4C)c2n1. The minimum atomic E-state index is -3.73. The van der Waals surface area contributed by atoms with Gasteiger partial charge in [-0.05, 0) is 56.2 Å². The summed E-state index contributed by atoms with van der Waals surface area (Å²) in [6, 6.07) is 12.6. The molecule has 5 aromatic rings. The van der Waals surface area contributed by atoms with Crippen LogP contribution >= 0.6 is 0 Å². The highest BCUT2D eigenvalue weighted by Gasteiger charge is 2.18. The molecule has 0 saturated heterocycles. The topological polar surface area (TPSA) is 133 Å². The maximum atomic E-state index is 11.5. The van der Waals surface area contributed by atoms with Crippen LogP contribution in [0.2, 0.25) is 0 Å². The molecule has 2 aromatic carbocycles. The maximum Gasteiger partial charge on any atom is 0.238 e. The first kappa shape index (κ1) is 22.0. The predicted molar refractivity (Wildman–Crippen MR) is 130 cm³/mol. The lowest BCUT2D eigenvalue weighted by Crippen LogP contribution is -2.12. The van der Waals surface area contributed by atoms with Crippen LogP contribution in [-0.4, -0.2) is 37.8 Å². The summed E-state index contributed by atoms with van der Waals surface area (Å²) >= 11 is 0. The van der Waals surface area contributed by atoms with Gasteiger partial charge in [0.15, 0.2) is 5.65 Å². The van der Waals surface area contributed by atoms with Crippen molar-refractivity contribution < 1.29 is 8.42 Å². The van der Waals surface area contributed by atoms with Gasteiger partial charge in [0.2, 0.25) is 16.0 Å². The second-order valence-corrected chi connectivity index (χ2v) is 9.84. The first-order valence-corrected chi connectivity index (χ1v) is 12.2. The molecule has 5 rings (SSSR count). The minimum Gasteiger partial charge on any atom is -0.350 e. The predicted octanol–water partition coefficient (Wildman–Crippen LogP) is 2.86. The van der Waals surface area contributed by atoms with Crippen molar-refractivity contribution in [3.05, 3.63) is 65.2 Å². The summed E-state index contributed by atoms with van der Waals surface area (Å²) in [5, 5.41) is 18.8.